The van der Waals surface area contributed by atoms with Gasteiger partial charge in [0.25, 0.3) is 15.9 Å². The van der Waals surface area contributed by atoms with Crippen LogP contribution in [0, 0.1) is 0 Å². The van der Waals surface area contributed by atoms with Gasteiger partial charge >= 0.3 is 12.1 Å². The molecule has 0 bridgehead atoms. The molecule has 3 N–H and O–H groups in total. The maximum atomic E-state index is 12.6. The molecule has 0 aromatic heterocycles. The molecule has 35 heavy (non-hydrogen) atoms. The molecule has 1 saturated carbocycles. The minimum atomic E-state index is -3.98. The monoisotopic (exact) mass is 498 g/mol. The lowest BCUT2D eigenvalue weighted by atomic mass is 9.96. The zero-order valence-electron chi connectivity index (χ0n) is 19.5. The zero-order chi connectivity index (χ0) is 24.8. The van der Waals surface area contributed by atoms with E-state index in [1.165, 1.54) is 17.0 Å². The molecule has 9 nitrogen and oxygen atoms in total. The number of nitrogens with one attached hydrogen (secondary N) is 3. The average molecular weight is 499 g/mol. The molecule has 2 aromatic carbocycles. The number of hydrogen-bond acceptors (Lipinski definition) is 5. The van der Waals surface area contributed by atoms with Crippen molar-refractivity contribution in [2.75, 3.05) is 13.1 Å². The highest BCUT2D eigenvalue weighted by molar-refractivity contribution is 7.90. The molecule has 0 radical (unpaired) electrons. The number of imide groups is 1. The van der Waals surface area contributed by atoms with E-state index in [0.717, 1.165) is 43.2 Å². The van der Waals surface area contributed by atoms with Gasteiger partial charge in [-0.2, -0.15) is 0 Å². The van der Waals surface area contributed by atoms with E-state index in [2.05, 4.69) is 15.4 Å². The van der Waals surface area contributed by atoms with Crippen molar-refractivity contribution in [3.05, 3.63) is 65.2 Å². The second-order valence-electron chi connectivity index (χ2n) is 8.90. The zero-order valence-corrected chi connectivity index (χ0v) is 20.3. The highest BCUT2D eigenvalue weighted by Crippen LogP contribution is 2.19. The number of benzene rings is 2. The van der Waals surface area contributed by atoms with Crippen LogP contribution < -0.4 is 15.4 Å². The first kappa shape index (κ1) is 24.7. The van der Waals surface area contributed by atoms with Gasteiger partial charge in [-0.25, -0.2) is 22.7 Å². The largest absolute Gasteiger partial charge is 0.337 e. The number of amides is 5. The first-order valence-electron chi connectivity index (χ1n) is 11.9. The summed E-state index contributed by atoms with van der Waals surface area (Å²) in [6.07, 6.45) is 6.00. The van der Waals surface area contributed by atoms with Crippen LogP contribution in [0.2, 0.25) is 0 Å². The van der Waals surface area contributed by atoms with Crippen LogP contribution in [0.15, 0.2) is 53.4 Å². The maximum Gasteiger partial charge on any atom is 0.328 e. The Hall–Kier alpha value is -3.40. The van der Waals surface area contributed by atoms with Gasteiger partial charge in [0.05, 0.1) is 4.90 Å². The first-order chi connectivity index (χ1) is 16.8. The molecule has 0 unspecified atom stereocenters. The third-order valence-electron chi connectivity index (χ3n) is 6.43. The van der Waals surface area contributed by atoms with Gasteiger partial charge in [-0.1, -0.05) is 49.6 Å². The van der Waals surface area contributed by atoms with E-state index in [9.17, 15) is 22.8 Å². The van der Waals surface area contributed by atoms with E-state index in [-0.39, 0.29) is 16.8 Å². The molecule has 0 saturated heterocycles. The van der Waals surface area contributed by atoms with Crippen molar-refractivity contribution in [2.24, 2.45) is 0 Å². The summed E-state index contributed by atoms with van der Waals surface area (Å²) in [4.78, 5) is 38.4. The topological polar surface area (TPSA) is 125 Å². The first-order valence-corrected chi connectivity index (χ1v) is 13.4. The van der Waals surface area contributed by atoms with Crippen molar-refractivity contribution in [2.45, 2.75) is 55.9 Å². The normalized spacial score (nSPS) is 16.3. The van der Waals surface area contributed by atoms with Crippen LogP contribution in [0.25, 0.3) is 0 Å². The fraction of sp³-hybridized carbons (Fsp3) is 0.400. The molecule has 2 aliphatic rings. The van der Waals surface area contributed by atoms with Crippen LogP contribution in [-0.4, -0.2) is 50.4 Å². The summed E-state index contributed by atoms with van der Waals surface area (Å²) < 4.78 is 27.1. The number of urea groups is 2. The quantitative estimate of drug-likeness (QED) is 0.565. The molecule has 1 aliphatic carbocycles. The van der Waals surface area contributed by atoms with Gasteiger partial charge in [0.15, 0.2) is 0 Å². The van der Waals surface area contributed by atoms with Crippen molar-refractivity contribution in [3.8, 4) is 0 Å². The molecule has 1 fully saturated rings. The summed E-state index contributed by atoms with van der Waals surface area (Å²) in [5.41, 5.74) is 2.30. The fourth-order valence-electron chi connectivity index (χ4n) is 4.51. The molecule has 4 rings (SSSR count). The summed E-state index contributed by atoms with van der Waals surface area (Å²) in [6, 6.07) is 12.3. The second-order valence-corrected chi connectivity index (χ2v) is 10.6. The molecule has 10 heteroatoms. The molecule has 0 spiro atoms. The van der Waals surface area contributed by atoms with E-state index >= 15 is 0 Å². The molecule has 2 aromatic rings. The Morgan fingerprint density at radius 1 is 0.971 bits per heavy atom. The highest BCUT2D eigenvalue weighted by atomic mass is 32.2. The Balaban J connectivity index is 1.25. The minimum absolute atomic E-state index is 0.00603. The third kappa shape index (κ3) is 6.19. The molecule has 5 amide bonds. The Bertz CT molecular complexity index is 1190. The minimum Gasteiger partial charge on any atom is -0.337 e. The van der Waals surface area contributed by atoms with Crippen LogP contribution in [0.5, 0.6) is 0 Å². The van der Waals surface area contributed by atoms with E-state index in [1.807, 2.05) is 12.1 Å². The molecular weight excluding hydrogens is 468 g/mol. The Morgan fingerprint density at radius 2 is 1.69 bits per heavy atom. The van der Waals surface area contributed by atoms with Gasteiger partial charge in [-0.3, -0.25) is 9.69 Å². The highest BCUT2D eigenvalue weighted by Gasteiger charge is 2.28. The molecule has 1 heterocycles. The van der Waals surface area contributed by atoms with Gasteiger partial charge in [0, 0.05) is 24.7 Å². The van der Waals surface area contributed by atoms with Crippen LogP contribution in [0.1, 0.15) is 53.6 Å². The van der Waals surface area contributed by atoms with Crippen LogP contribution in [0.4, 0.5) is 9.59 Å². The van der Waals surface area contributed by atoms with Crippen molar-refractivity contribution in [1.29, 1.82) is 0 Å². The van der Waals surface area contributed by atoms with Crippen LogP contribution >= 0.6 is 0 Å². The van der Waals surface area contributed by atoms with Crippen LogP contribution in [-0.2, 0) is 22.9 Å². The van der Waals surface area contributed by atoms with Gasteiger partial charge in [0.2, 0.25) is 0 Å². The van der Waals surface area contributed by atoms with Crippen molar-refractivity contribution in [3.63, 3.8) is 0 Å². The lowest BCUT2D eigenvalue weighted by Gasteiger charge is -2.27. The molecule has 1 aliphatic heterocycles. The smallest absolute Gasteiger partial charge is 0.328 e. The van der Waals surface area contributed by atoms with E-state index in [4.69, 9.17) is 0 Å². The number of carbonyl (C=O) groups excluding carboxylic acids is 3. The number of rotatable bonds is 6. The van der Waals surface area contributed by atoms with Crippen LogP contribution in [0.3, 0.4) is 0 Å². The van der Waals surface area contributed by atoms with Crippen molar-refractivity contribution in [1.82, 2.24) is 20.3 Å². The lowest BCUT2D eigenvalue weighted by Crippen LogP contribution is -2.47. The average Bonchev–Trinajstić information content (AvgIpc) is 2.85. The standard InChI is InChI=1S/C25H30N4O5S/c30-23-22-9-5-4-6-19(22)15-17-29(23)25(32)26-16-14-18-10-12-21(13-11-18)35(33,34)28-24(31)27-20-7-2-1-3-8-20/h4-6,9-13,20H,1-3,7-8,14-17H2,(H,26,32)(H2,27,28,31). The summed E-state index contributed by atoms with van der Waals surface area (Å²) in [5, 5.41) is 5.49. The predicted octanol–water partition coefficient (Wildman–Crippen LogP) is 2.96. The second kappa shape index (κ2) is 10.9. The summed E-state index contributed by atoms with van der Waals surface area (Å²) >= 11 is 0. The number of nitrogens with zero attached hydrogens (tertiary/aromatic N) is 1. The van der Waals surface area contributed by atoms with Gasteiger partial charge in [0.1, 0.15) is 0 Å². The number of hydrogen-bond donors (Lipinski definition) is 3. The number of carbonyl (C=O) groups is 3. The van der Waals surface area contributed by atoms with Crippen molar-refractivity contribution < 1.29 is 22.8 Å². The van der Waals surface area contributed by atoms with Gasteiger partial charge < -0.3 is 10.6 Å². The Labute approximate surface area is 205 Å². The summed E-state index contributed by atoms with van der Waals surface area (Å²) in [6.45, 7) is 0.619. The number of sulfonamides is 1. The third-order valence-corrected chi connectivity index (χ3v) is 7.78. The summed E-state index contributed by atoms with van der Waals surface area (Å²) in [7, 11) is -3.98. The van der Waals surface area contributed by atoms with Gasteiger partial charge in [-0.05, 0) is 55.0 Å². The molecular formula is C25H30N4O5S. The SMILES string of the molecule is O=C(NC1CCCCC1)NS(=O)(=O)c1ccc(CCNC(=O)N2CCc3ccccc3C2=O)cc1. The maximum absolute atomic E-state index is 12.6. The summed E-state index contributed by atoms with van der Waals surface area (Å²) in [5.74, 6) is -0.307. The Kier molecular flexibility index (Phi) is 7.70. The Morgan fingerprint density at radius 3 is 2.43 bits per heavy atom. The van der Waals surface area contributed by atoms with E-state index in [0.29, 0.717) is 31.5 Å². The molecule has 186 valence electrons. The predicted molar refractivity (Wildman–Crippen MR) is 130 cm³/mol. The van der Waals surface area contributed by atoms with Crippen molar-refractivity contribution >= 4 is 28.0 Å². The lowest BCUT2D eigenvalue weighted by molar-refractivity contribution is 0.0787. The number of fused-ring (bicyclic) bond motifs is 1. The fourth-order valence-corrected chi connectivity index (χ4v) is 5.42. The molecule has 0 atom stereocenters. The van der Waals surface area contributed by atoms with E-state index < -0.39 is 22.1 Å². The van der Waals surface area contributed by atoms with E-state index in [1.54, 1.807) is 24.3 Å². The van der Waals surface area contributed by atoms with Gasteiger partial charge in [-0.15, -0.1) is 0 Å².